The van der Waals surface area contributed by atoms with E-state index >= 15 is 0 Å². The Kier molecular flexibility index (Phi) is 4.60. The summed E-state index contributed by atoms with van der Waals surface area (Å²) in [5.74, 6) is -0.142. The maximum Gasteiger partial charge on any atom is 0.387 e. The van der Waals surface area contributed by atoms with E-state index in [1.165, 1.54) is 18.3 Å². The van der Waals surface area contributed by atoms with Crippen LogP contribution in [0.4, 0.5) is 14.5 Å². The van der Waals surface area contributed by atoms with Crippen molar-refractivity contribution in [1.82, 2.24) is 4.98 Å². The van der Waals surface area contributed by atoms with Crippen LogP contribution in [0.1, 0.15) is 5.56 Å². The van der Waals surface area contributed by atoms with Gasteiger partial charge in [-0.05, 0) is 29.8 Å². The van der Waals surface area contributed by atoms with Crippen LogP contribution >= 0.6 is 0 Å². The SMILES string of the molecule is O=C(Cc1ccc(OC(F)F)cc1)Nc1cccnc1. The molecule has 1 aromatic heterocycles. The molecule has 20 heavy (non-hydrogen) atoms. The second-order valence-corrected chi connectivity index (χ2v) is 3.99. The number of aromatic nitrogens is 1. The molecule has 0 saturated carbocycles. The first-order chi connectivity index (χ1) is 9.63. The molecule has 0 aliphatic carbocycles. The number of pyridine rings is 1. The minimum Gasteiger partial charge on any atom is -0.435 e. The quantitative estimate of drug-likeness (QED) is 0.915. The maximum absolute atomic E-state index is 12.0. The van der Waals surface area contributed by atoms with E-state index in [1.807, 2.05) is 0 Å². The van der Waals surface area contributed by atoms with Crippen LogP contribution in [0.2, 0.25) is 0 Å². The molecule has 0 unspecified atom stereocenters. The summed E-state index contributed by atoms with van der Waals surface area (Å²) in [5.41, 5.74) is 1.31. The van der Waals surface area contributed by atoms with Gasteiger partial charge in [-0.1, -0.05) is 12.1 Å². The fourth-order valence-electron chi connectivity index (χ4n) is 1.62. The topological polar surface area (TPSA) is 51.2 Å². The number of benzene rings is 1. The Morgan fingerprint density at radius 1 is 1.25 bits per heavy atom. The molecule has 0 aliphatic heterocycles. The van der Waals surface area contributed by atoms with Gasteiger partial charge in [0.05, 0.1) is 18.3 Å². The third kappa shape index (κ3) is 4.31. The monoisotopic (exact) mass is 278 g/mol. The summed E-state index contributed by atoms with van der Waals surface area (Å²) in [5, 5.41) is 2.68. The minimum atomic E-state index is -2.85. The number of nitrogens with zero attached hydrogens (tertiary/aromatic N) is 1. The molecule has 0 radical (unpaired) electrons. The summed E-state index contributed by atoms with van der Waals surface area (Å²) in [6, 6.07) is 9.38. The zero-order valence-corrected chi connectivity index (χ0v) is 10.4. The lowest BCUT2D eigenvalue weighted by atomic mass is 10.1. The molecule has 0 atom stereocenters. The van der Waals surface area contributed by atoms with E-state index in [4.69, 9.17) is 0 Å². The number of nitrogens with one attached hydrogen (secondary N) is 1. The van der Waals surface area contributed by atoms with E-state index in [9.17, 15) is 13.6 Å². The van der Waals surface area contributed by atoms with Gasteiger partial charge in [0.2, 0.25) is 5.91 Å². The van der Waals surface area contributed by atoms with E-state index in [0.29, 0.717) is 11.3 Å². The maximum atomic E-state index is 12.0. The van der Waals surface area contributed by atoms with Crippen LogP contribution in [0, 0.1) is 0 Å². The van der Waals surface area contributed by atoms with Crippen molar-refractivity contribution in [2.24, 2.45) is 0 Å². The lowest BCUT2D eigenvalue weighted by Gasteiger charge is -2.06. The lowest BCUT2D eigenvalue weighted by Crippen LogP contribution is -2.14. The van der Waals surface area contributed by atoms with Gasteiger partial charge in [-0.3, -0.25) is 9.78 Å². The summed E-state index contributed by atoms with van der Waals surface area (Å²) in [7, 11) is 0. The third-order valence-corrected chi connectivity index (χ3v) is 2.46. The van der Waals surface area contributed by atoms with Crippen LogP contribution < -0.4 is 10.1 Å². The molecule has 1 aromatic carbocycles. The Bertz CT molecular complexity index is 559. The van der Waals surface area contributed by atoms with E-state index in [0.717, 1.165) is 0 Å². The molecular weight excluding hydrogens is 266 g/mol. The van der Waals surface area contributed by atoms with E-state index in [-0.39, 0.29) is 18.1 Å². The smallest absolute Gasteiger partial charge is 0.387 e. The molecule has 1 heterocycles. The van der Waals surface area contributed by atoms with Gasteiger partial charge in [0, 0.05) is 6.20 Å². The first-order valence-corrected chi connectivity index (χ1v) is 5.87. The van der Waals surface area contributed by atoms with Gasteiger partial charge < -0.3 is 10.1 Å². The molecule has 2 aromatic rings. The van der Waals surface area contributed by atoms with Crippen molar-refractivity contribution in [3.8, 4) is 5.75 Å². The van der Waals surface area contributed by atoms with Crippen LogP contribution in [0.3, 0.4) is 0 Å². The van der Waals surface area contributed by atoms with Crippen molar-refractivity contribution >= 4 is 11.6 Å². The molecule has 6 heteroatoms. The fourth-order valence-corrected chi connectivity index (χ4v) is 1.62. The van der Waals surface area contributed by atoms with E-state index < -0.39 is 6.61 Å². The first-order valence-electron chi connectivity index (χ1n) is 5.87. The summed E-state index contributed by atoms with van der Waals surface area (Å²) in [6.45, 7) is -2.85. The Balaban J connectivity index is 1.91. The van der Waals surface area contributed by atoms with Crippen molar-refractivity contribution in [2.75, 3.05) is 5.32 Å². The molecule has 0 fully saturated rings. The number of halogens is 2. The average molecular weight is 278 g/mol. The number of ether oxygens (including phenoxy) is 1. The number of anilines is 1. The van der Waals surface area contributed by atoms with Gasteiger partial charge in [0.25, 0.3) is 0 Å². The average Bonchev–Trinajstić information content (AvgIpc) is 2.41. The lowest BCUT2D eigenvalue weighted by molar-refractivity contribution is -0.115. The second kappa shape index (κ2) is 6.60. The van der Waals surface area contributed by atoms with Gasteiger partial charge in [0.15, 0.2) is 0 Å². The molecule has 104 valence electrons. The number of alkyl halides is 2. The number of rotatable bonds is 5. The Morgan fingerprint density at radius 3 is 2.60 bits per heavy atom. The van der Waals surface area contributed by atoms with Gasteiger partial charge >= 0.3 is 6.61 Å². The normalized spacial score (nSPS) is 10.3. The molecule has 1 N–H and O–H groups in total. The molecular formula is C14H12F2N2O2. The zero-order valence-electron chi connectivity index (χ0n) is 10.4. The number of carbonyl (C=O) groups is 1. The van der Waals surface area contributed by atoms with Crippen molar-refractivity contribution in [3.05, 3.63) is 54.4 Å². The van der Waals surface area contributed by atoms with Gasteiger partial charge in [0.1, 0.15) is 5.75 Å². The van der Waals surface area contributed by atoms with Gasteiger partial charge in [-0.2, -0.15) is 8.78 Å². The molecule has 0 bridgehead atoms. The highest BCUT2D eigenvalue weighted by Crippen LogP contribution is 2.15. The summed E-state index contributed by atoms with van der Waals surface area (Å²) < 4.78 is 28.2. The highest BCUT2D eigenvalue weighted by molar-refractivity contribution is 5.92. The largest absolute Gasteiger partial charge is 0.435 e. The number of carbonyl (C=O) groups excluding carboxylic acids is 1. The highest BCUT2D eigenvalue weighted by atomic mass is 19.3. The second-order valence-electron chi connectivity index (χ2n) is 3.99. The number of hydrogen-bond donors (Lipinski definition) is 1. The molecule has 4 nitrogen and oxygen atoms in total. The number of amides is 1. The van der Waals surface area contributed by atoms with Crippen LogP contribution in [0.15, 0.2) is 48.8 Å². The predicted octanol–water partition coefficient (Wildman–Crippen LogP) is 2.86. The van der Waals surface area contributed by atoms with Crippen molar-refractivity contribution in [1.29, 1.82) is 0 Å². The van der Waals surface area contributed by atoms with Gasteiger partial charge in [-0.15, -0.1) is 0 Å². The minimum absolute atomic E-state index is 0.0661. The predicted molar refractivity (Wildman–Crippen MR) is 69.6 cm³/mol. The van der Waals surface area contributed by atoms with Crippen molar-refractivity contribution in [2.45, 2.75) is 13.0 Å². The summed E-state index contributed by atoms with van der Waals surface area (Å²) >= 11 is 0. The van der Waals surface area contributed by atoms with Crippen LogP contribution in [-0.4, -0.2) is 17.5 Å². The Labute approximate surface area is 114 Å². The molecule has 0 aliphatic rings. The molecule has 2 rings (SSSR count). The highest BCUT2D eigenvalue weighted by Gasteiger charge is 2.06. The van der Waals surface area contributed by atoms with E-state index in [2.05, 4.69) is 15.0 Å². The van der Waals surface area contributed by atoms with E-state index in [1.54, 1.807) is 30.5 Å². The molecule has 0 saturated heterocycles. The van der Waals surface area contributed by atoms with Crippen LogP contribution in [0.25, 0.3) is 0 Å². The summed E-state index contributed by atoms with van der Waals surface area (Å²) in [4.78, 5) is 15.6. The fraction of sp³-hybridized carbons (Fsp3) is 0.143. The summed E-state index contributed by atoms with van der Waals surface area (Å²) in [6.07, 6.45) is 3.29. The van der Waals surface area contributed by atoms with Crippen LogP contribution in [0.5, 0.6) is 5.75 Å². The Morgan fingerprint density at radius 2 is 2.00 bits per heavy atom. The molecule has 1 amide bonds. The standard InChI is InChI=1S/C14H12F2N2O2/c15-14(16)20-12-5-3-10(4-6-12)8-13(19)18-11-2-1-7-17-9-11/h1-7,9,14H,8H2,(H,18,19). The van der Waals surface area contributed by atoms with Crippen molar-refractivity contribution < 1.29 is 18.3 Å². The molecule has 0 spiro atoms. The van der Waals surface area contributed by atoms with Gasteiger partial charge in [-0.25, -0.2) is 0 Å². The zero-order chi connectivity index (χ0) is 14.4. The van der Waals surface area contributed by atoms with Crippen molar-refractivity contribution in [3.63, 3.8) is 0 Å². The van der Waals surface area contributed by atoms with Crippen LogP contribution in [-0.2, 0) is 11.2 Å². The third-order valence-electron chi connectivity index (χ3n) is 2.46. The first kappa shape index (κ1) is 13.9. The number of hydrogen-bond acceptors (Lipinski definition) is 3. The Hall–Kier alpha value is -2.50.